The number of nitrogens with zero attached hydrogens (tertiary/aromatic N) is 1. The Balaban J connectivity index is 1.39. The molecule has 0 bridgehead atoms. The fourth-order valence-corrected chi connectivity index (χ4v) is 3.19. The third-order valence-corrected chi connectivity index (χ3v) is 4.55. The maximum Gasteiger partial charge on any atom is 0.165 e. The van der Waals surface area contributed by atoms with Crippen molar-refractivity contribution in [2.24, 2.45) is 0 Å². The maximum atomic E-state index is 9.52. The van der Waals surface area contributed by atoms with Gasteiger partial charge >= 0.3 is 0 Å². The van der Waals surface area contributed by atoms with E-state index in [1.54, 1.807) is 0 Å². The van der Waals surface area contributed by atoms with Crippen LogP contribution in [0.25, 0.3) is 0 Å². The van der Waals surface area contributed by atoms with Crippen molar-refractivity contribution in [1.82, 2.24) is 10.2 Å². The molecule has 1 aromatic rings. The molecule has 0 amide bonds. The van der Waals surface area contributed by atoms with E-state index < -0.39 is 0 Å². The van der Waals surface area contributed by atoms with Crippen LogP contribution < -0.4 is 14.8 Å². The lowest BCUT2D eigenvalue weighted by atomic mass is 10.1. The zero-order valence-electron chi connectivity index (χ0n) is 13.8. The number of hydrogen-bond donors (Lipinski definition) is 2. The summed E-state index contributed by atoms with van der Waals surface area (Å²) >= 11 is 0. The molecule has 2 N–H and O–H groups in total. The second-order valence-electron chi connectivity index (χ2n) is 6.40. The SMILES string of the molecule is OC1CCN(CCCNCc2cccc3c2OCCCO3)CC1. The number of para-hydroxylation sites is 1. The Morgan fingerprint density at radius 1 is 1.17 bits per heavy atom. The molecule has 1 saturated heterocycles. The van der Waals surface area contributed by atoms with E-state index in [1.165, 1.54) is 5.56 Å². The van der Waals surface area contributed by atoms with Crippen molar-refractivity contribution < 1.29 is 14.6 Å². The van der Waals surface area contributed by atoms with Crippen LogP contribution in [0.5, 0.6) is 11.5 Å². The summed E-state index contributed by atoms with van der Waals surface area (Å²) in [5.74, 6) is 1.77. The van der Waals surface area contributed by atoms with Gasteiger partial charge in [-0.05, 0) is 38.4 Å². The van der Waals surface area contributed by atoms with Crippen molar-refractivity contribution >= 4 is 0 Å². The van der Waals surface area contributed by atoms with Gasteiger partial charge in [-0.1, -0.05) is 12.1 Å². The fraction of sp³-hybridized carbons (Fsp3) is 0.667. The van der Waals surface area contributed by atoms with Crippen LogP contribution >= 0.6 is 0 Å². The lowest BCUT2D eigenvalue weighted by molar-refractivity contribution is 0.0821. The first-order valence-corrected chi connectivity index (χ1v) is 8.81. The Hall–Kier alpha value is -1.30. The van der Waals surface area contributed by atoms with Crippen LogP contribution in [0.15, 0.2) is 18.2 Å². The number of ether oxygens (including phenoxy) is 2. The van der Waals surface area contributed by atoms with Gasteiger partial charge in [0.2, 0.25) is 0 Å². The highest BCUT2D eigenvalue weighted by atomic mass is 16.5. The molecule has 1 aromatic carbocycles. The summed E-state index contributed by atoms with van der Waals surface area (Å²) in [5, 5.41) is 13.0. The normalized spacial score (nSPS) is 19.5. The molecular formula is C18H28N2O3. The van der Waals surface area contributed by atoms with E-state index >= 15 is 0 Å². The number of benzene rings is 1. The highest BCUT2D eigenvalue weighted by Crippen LogP contribution is 2.33. The lowest BCUT2D eigenvalue weighted by Gasteiger charge is -2.29. The molecule has 3 rings (SSSR count). The van der Waals surface area contributed by atoms with Crippen molar-refractivity contribution in [3.05, 3.63) is 23.8 Å². The molecule has 5 heteroatoms. The Bertz CT molecular complexity index is 487. The van der Waals surface area contributed by atoms with Gasteiger partial charge in [-0.3, -0.25) is 0 Å². The first kappa shape index (κ1) is 16.6. The largest absolute Gasteiger partial charge is 0.490 e. The van der Waals surface area contributed by atoms with E-state index in [0.717, 1.165) is 83.1 Å². The second kappa shape index (κ2) is 8.52. The monoisotopic (exact) mass is 320 g/mol. The van der Waals surface area contributed by atoms with Crippen LogP contribution in [-0.2, 0) is 6.54 Å². The predicted molar refractivity (Wildman–Crippen MR) is 90.1 cm³/mol. The Kier molecular flexibility index (Phi) is 6.13. The Labute approximate surface area is 138 Å². The number of hydrogen-bond acceptors (Lipinski definition) is 5. The fourth-order valence-electron chi connectivity index (χ4n) is 3.19. The molecule has 5 nitrogen and oxygen atoms in total. The molecule has 0 aromatic heterocycles. The summed E-state index contributed by atoms with van der Waals surface area (Å²) in [5.41, 5.74) is 1.17. The second-order valence-corrected chi connectivity index (χ2v) is 6.40. The quantitative estimate of drug-likeness (QED) is 0.783. The van der Waals surface area contributed by atoms with E-state index in [2.05, 4.69) is 16.3 Å². The van der Waals surface area contributed by atoms with Gasteiger partial charge in [-0.15, -0.1) is 0 Å². The smallest absolute Gasteiger partial charge is 0.165 e. The van der Waals surface area contributed by atoms with Gasteiger partial charge in [0.05, 0.1) is 19.3 Å². The van der Waals surface area contributed by atoms with Crippen LogP contribution in [0, 0.1) is 0 Å². The highest BCUT2D eigenvalue weighted by Gasteiger charge is 2.16. The average molecular weight is 320 g/mol. The van der Waals surface area contributed by atoms with Crippen molar-refractivity contribution in [3.63, 3.8) is 0 Å². The average Bonchev–Trinajstić information content (AvgIpc) is 2.82. The number of rotatable bonds is 6. The molecular weight excluding hydrogens is 292 g/mol. The molecule has 2 aliphatic rings. The molecule has 0 aliphatic carbocycles. The molecule has 1 fully saturated rings. The molecule has 0 radical (unpaired) electrons. The van der Waals surface area contributed by atoms with Crippen LogP contribution in [0.3, 0.4) is 0 Å². The summed E-state index contributed by atoms with van der Waals surface area (Å²) in [6.45, 7) is 6.41. The number of aliphatic hydroxyl groups is 1. The summed E-state index contributed by atoms with van der Waals surface area (Å²) in [4.78, 5) is 2.44. The Morgan fingerprint density at radius 3 is 2.87 bits per heavy atom. The third kappa shape index (κ3) is 4.83. The van der Waals surface area contributed by atoms with E-state index in [0.29, 0.717) is 0 Å². The number of aliphatic hydroxyl groups excluding tert-OH is 1. The molecule has 23 heavy (non-hydrogen) atoms. The zero-order valence-corrected chi connectivity index (χ0v) is 13.8. The number of piperidine rings is 1. The van der Waals surface area contributed by atoms with Crippen molar-refractivity contribution in [1.29, 1.82) is 0 Å². The first-order chi connectivity index (χ1) is 11.3. The van der Waals surface area contributed by atoms with Gasteiger partial charge < -0.3 is 24.8 Å². The topological polar surface area (TPSA) is 54.0 Å². The van der Waals surface area contributed by atoms with Gasteiger partial charge in [0.15, 0.2) is 11.5 Å². The standard InChI is InChI=1S/C18H28N2O3/c21-16-6-10-20(11-7-16)9-2-8-19-14-15-4-1-5-17-18(15)23-13-3-12-22-17/h1,4-5,16,19,21H,2-3,6-14H2. The third-order valence-electron chi connectivity index (χ3n) is 4.55. The van der Waals surface area contributed by atoms with E-state index in [-0.39, 0.29) is 6.10 Å². The zero-order chi connectivity index (χ0) is 15.9. The minimum Gasteiger partial charge on any atom is -0.490 e. The molecule has 2 aliphatic heterocycles. The van der Waals surface area contributed by atoms with Gasteiger partial charge in [0.1, 0.15) is 0 Å². The lowest BCUT2D eigenvalue weighted by Crippen LogP contribution is -2.37. The van der Waals surface area contributed by atoms with E-state index in [9.17, 15) is 5.11 Å². The van der Waals surface area contributed by atoms with Crippen molar-refractivity contribution in [2.45, 2.75) is 38.3 Å². The van der Waals surface area contributed by atoms with Crippen LogP contribution in [0.2, 0.25) is 0 Å². The number of fused-ring (bicyclic) bond motifs is 1. The van der Waals surface area contributed by atoms with Crippen LogP contribution in [0.4, 0.5) is 0 Å². The molecule has 0 spiro atoms. The summed E-state index contributed by atoms with van der Waals surface area (Å²) in [7, 11) is 0. The molecule has 128 valence electrons. The van der Waals surface area contributed by atoms with Crippen molar-refractivity contribution in [3.8, 4) is 11.5 Å². The van der Waals surface area contributed by atoms with Gasteiger partial charge in [-0.25, -0.2) is 0 Å². The summed E-state index contributed by atoms with van der Waals surface area (Å²) in [6.07, 6.45) is 3.82. The van der Waals surface area contributed by atoms with Crippen LogP contribution in [-0.4, -0.2) is 55.5 Å². The minimum absolute atomic E-state index is 0.0834. The minimum atomic E-state index is -0.0834. The van der Waals surface area contributed by atoms with E-state index in [1.807, 2.05) is 12.1 Å². The molecule has 0 unspecified atom stereocenters. The van der Waals surface area contributed by atoms with Gasteiger partial charge in [0.25, 0.3) is 0 Å². The maximum absolute atomic E-state index is 9.52. The highest BCUT2D eigenvalue weighted by molar-refractivity contribution is 5.47. The summed E-state index contributed by atoms with van der Waals surface area (Å²) < 4.78 is 11.6. The van der Waals surface area contributed by atoms with Gasteiger partial charge in [-0.2, -0.15) is 0 Å². The molecule has 2 heterocycles. The summed E-state index contributed by atoms with van der Waals surface area (Å²) in [6, 6.07) is 6.12. The first-order valence-electron chi connectivity index (χ1n) is 8.81. The van der Waals surface area contributed by atoms with E-state index in [4.69, 9.17) is 9.47 Å². The number of nitrogens with one attached hydrogen (secondary N) is 1. The van der Waals surface area contributed by atoms with Gasteiger partial charge in [0, 0.05) is 31.6 Å². The Morgan fingerprint density at radius 2 is 2.00 bits per heavy atom. The van der Waals surface area contributed by atoms with Crippen LogP contribution in [0.1, 0.15) is 31.2 Å². The number of likely N-dealkylation sites (tertiary alicyclic amines) is 1. The molecule has 0 saturated carbocycles. The van der Waals surface area contributed by atoms with Crippen molar-refractivity contribution in [2.75, 3.05) is 39.4 Å². The predicted octanol–water partition coefficient (Wildman–Crippen LogP) is 1.78. The molecule has 0 atom stereocenters.